The van der Waals surface area contributed by atoms with Crippen LogP contribution in [-0.2, 0) is 115 Å². The number of nitrogens with two attached hydrogens (primary N) is 5. The van der Waals surface area contributed by atoms with Gasteiger partial charge in [-0.3, -0.25) is 96.5 Å². The second kappa shape index (κ2) is 60.3. The molecule has 2 saturated heterocycles. The summed E-state index contributed by atoms with van der Waals surface area (Å²) in [7, 11) is 0. The molecular weight excluding hydrogens is 1910 g/mol. The van der Waals surface area contributed by atoms with Crippen molar-refractivity contribution >= 4 is 162 Å². The van der Waals surface area contributed by atoms with Crippen LogP contribution in [0.2, 0.25) is 0 Å². The minimum atomic E-state index is -1.94. The molecule has 1 aromatic carbocycles. The third-order valence-electron chi connectivity index (χ3n) is 22.4. The van der Waals surface area contributed by atoms with E-state index in [1.807, 2.05) is 0 Å². The minimum Gasteiger partial charge on any atom is -0.508 e. The van der Waals surface area contributed by atoms with E-state index < -0.39 is 283 Å². The molecule has 2 aromatic heterocycles. The minimum absolute atomic E-state index is 0.000968. The number of amides is 22. The van der Waals surface area contributed by atoms with Gasteiger partial charge in [0.05, 0.1) is 57.5 Å². The number of nitrogens with one attached hydrogen (secondary N) is 21. The van der Waals surface area contributed by atoms with Crippen molar-refractivity contribution in [1.29, 1.82) is 5.41 Å². The van der Waals surface area contributed by atoms with E-state index in [0.29, 0.717) is 11.3 Å². The summed E-state index contributed by atoms with van der Waals surface area (Å²) in [6.45, 7) is 0.125. The Morgan fingerprint density at radius 3 is 1.38 bits per heavy atom. The number of imidazole rings is 2. The molecule has 2 fully saturated rings. The zero-order valence-electron chi connectivity index (χ0n) is 78.0. The summed E-state index contributed by atoms with van der Waals surface area (Å²) in [5, 5.41) is 101. The van der Waals surface area contributed by atoms with E-state index in [1.54, 1.807) is 6.92 Å². The summed E-state index contributed by atoms with van der Waals surface area (Å²) >= 11 is 8.48. The average Bonchev–Trinajstić information content (AvgIpc) is 1.69. The molecule has 0 aliphatic carbocycles. The lowest BCUT2D eigenvalue weighted by Gasteiger charge is -2.30. The third kappa shape index (κ3) is 40.6. The number of carbonyl (C=O) groups is 22. The Hall–Kier alpha value is -14.8. The van der Waals surface area contributed by atoms with Gasteiger partial charge in [0.15, 0.2) is 5.96 Å². The SMILES string of the molecule is CC[C@H](C)[C@H](NC(=O)[C@@H](NC(=O)[C@H](CC(=O)O)NC(=O)[C@@H](N)CCC(N)=O)[C@@H](C)O)C(=O)N[C@@H](Cc1cnc[nH]1)C(=O)NCC(=O)N[C@@H](Cc1cnc[nH]1)C(=O)N1CCC[C@H]1C(=O)N[C@@H](CS)C(=O)N[C@@H](CO)C(=O)N[C@@H](CCCNC(N)=O)C(=O)N[C@@H](CCCNC(N)=O)C(=O)NCC(=O)N[C@@H](CS)C(=O)N[C@@H](CCCNC(=N)N)C(=O)N1CCC[C@H]1C(=O)NCC(=O)N[C@@H](Cc1ccc(O)cc1)C(=O)O. The van der Waals surface area contributed by atoms with Gasteiger partial charge in [-0.25, -0.2) is 24.4 Å². The monoisotopic (exact) mass is 2040 g/mol. The van der Waals surface area contributed by atoms with Gasteiger partial charge >= 0.3 is 24.0 Å². The molecule has 2 aliphatic heterocycles. The number of aliphatic carboxylic acids is 2. The first-order chi connectivity index (χ1) is 67.3. The number of carbonyl (C=O) groups excluding carboxylic acids is 20. The van der Waals surface area contributed by atoms with Gasteiger partial charge in [0.25, 0.3) is 0 Å². The normalized spacial score (nSPS) is 16.3. The third-order valence-corrected chi connectivity index (χ3v) is 23.1. The standard InChI is InChI=1S/C83H128N30O27S2/c1-4-40(2)64(110-77(134)65(41(3)115)111-70(127)51(29-63(121)122)106-66(123)46(84)19-20-59(85)117)76(133)107-50(27-43-30-90-38-98-43)68(125)96-32-60(118)100-52(28-44-31-91-39-99-44)79(136)113-25-9-14-58(113)75(132)109-56(37-142)73(130)108-54(35-114)71(128)104-48(11-6-23-94-83(89)140)69(126)103-47(10-5-22-93-82(88)139)67(124)95-33-62(120)102-55(36-141)72(129)105-49(12-7-21-92-81(86)87)78(135)112-24-8-13-57(112)74(131)97-34-61(119)101-53(80(137)138)26-42-15-17-45(116)18-16-42/h15-18,30-31,38-41,46-58,64-65,114-116,141-142H,4-14,19-29,32-37,84H2,1-3H3,(H2,85,117)(H,90,98)(H,91,99)(H,95,124)(H,96,125)(H,97,131)(H,100,118)(H,101,119)(H,102,120)(H,103,126)(H,104,128)(H,105,129)(H,106,123)(H,107,133)(H,108,130)(H,109,132)(H,110,134)(H,111,127)(H,121,122)(H,137,138)(H4,86,87,92)(H3,88,93,139)(H3,89,94,140)/t40-,41+,46-,47-,48-,49-,50-,51-,52-,53-,54-,55-,56-,57-,58-,64-,65-/m0/s1. The molecule has 5 rings (SSSR count). The summed E-state index contributed by atoms with van der Waals surface area (Å²) in [6, 6.07) is -20.1. The number of aromatic nitrogens is 4. The zero-order valence-corrected chi connectivity index (χ0v) is 79.8. The fraction of sp³-hybridized carbons (Fsp3) is 0.578. The van der Waals surface area contributed by atoms with Crippen molar-refractivity contribution in [2.24, 2.45) is 34.6 Å². The lowest BCUT2D eigenvalue weighted by atomic mass is 9.96. The number of nitrogens with zero attached hydrogens (tertiary/aromatic N) is 4. The van der Waals surface area contributed by atoms with Crippen LogP contribution in [0.15, 0.2) is 49.3 Å². The molecule has 17 atom stereocenters. The van der Waals surface area contributed by atoms with Crippen LogP contribution in [0.1, 0.15) is 128 Å². The van der Waals surface area contributed by atoms with Crippen LogP contribution >= 0.6 is 25.3 Å². The van der Waals surface area contributed by atoms with Crippen molar-refractivity contribution in [3.8, 4) is 5.75 Å². The van der Waals surface area contributed by atoms with Crippen LogP contribution in [0.3, 0.4) is 0 Å². The Labute approximate surface area is 823 Å². The number of aliphatic hydroxyl groups is 2. The van der Waals surface area contributed by atoms with Crippen LogP contribution < -0.4 is 124 Å². The topological polar surface area (TPSA) is 911 Å². The number of benzene rings is 1. The predicted molar refractivity (Wildman–Crippen MR) is 503 cm³/mol. The molecule has 2 aliphatic rings. The van der Waals surface area contributed by atoms with E-state index in [0.717, 1.165) is 11.8 Å². The number of carboxylic acid groups (broad SMARTS) is 2. The van der Waals surface area contributed by atoms with Gasteiger partial charge in [0.1, 0.15) is 90.3 Å². The number of carboxylic acids is 2. The molecular formula is C83H128N30O27S2. The van der Waals surface area contributed by atoms with Gasteiger partial charge in [0, 0.05) is 93.7 Å². The van der Waals surface area contributed by atoms with E-state index >= 15 is 0 Å². The molecule has 142 heavy (non-hydrogen) atoms. The maximum atomic E-state index is 14.8. The molecule has 4 heterocycles. The molecule has 36 N–H and O–H groups in total. The first-order valence-corrected chi connectivity index (χ1v) is 46.5. The van der Waals surface area contributed by atoms with Crippen LogP contribution in [-0.4, -0.2) is 359 Å². The summed E-state index contributed by atoms with van der Waals surface area (Å²) in [5.41, 5.74) is 28.0. The average molecular weight is 2040 g/mol. The molecule has 59 heteroatoms. The predicted octanol–water partition coefficient (Wildman–Crippen LogP) is -12.4. The molecule has 3 aromatic rings. The molecule has 57 nitrogen and oxygen atoms in total. The van der Waals surface area contributed by atoms with E-state index in [1.165, 1.54) is 61.1 Å². The second-order valence-corrected chi connectivity index (χ2v) is 34.0. The van der Waals surface area contributed by atoms with Gasteiger partial charge in [0.2, 0.25) is 106 Å². The number of likely N-dealkylation sites (tertiary alicyclic amines) is 2. The van der Waals surface area contributed by atoms with Crippen molar-refractivity contribution in [2.45, 2.75) is 227 Å². The Bertz CT molecular complexity index is 4870. The summed E-state index contributed by atoms with van der Waals surface area (Å²) in [5.74, 6) is -23.4. The molecule has 0 spiro atoms. The summed E-state index contributed by atoms with van der Waals surface area (Å²) < 4.78 is 0. The first-order valence-electron chi connectivity index (χ1n) is 45.2. The Kier molecular flexibility index (Phi) is 50.0. The number of rotatable bonds is 62. The molecule has 784 valence electrons. The van der Waals surface area contributed by atoms with Crippen molar-refractivity contribution in [3.05, 3.63) is 66.3 Å². The van der Waals surface area contributed by atoms with E-state index in [-0.39, 0.29) is 147 Å². The maximum absolute atomic E-state index is 14.8. The smallest absolute Gasteiger partial charge is 0.326 e. The number of hydrogen-bond donors (Lipinski definition) is 33. The van der Waals surface area contributed by atoms with Crippen molar-refractivity contribution in [2.75, 3.05) is 70.5 Å². The fourth-order valence-electron chi connectivity index (χ4n) is 14.6. The number of thiol groups is 2. The van der Waals surface area contributed by atoms with Gasteiger partial charge in [-0.15, -0.1) is 0 Å². The quantitative estimate of drug-likeness (QED) is 0.0108. The van der Waals surface area contributed by atoms with Gasteiger partial charge < -0.3 is 170 Å². The largest absolute Gasteiger partial charge is 0.508 e. The molecule has 0 radical (unpaired) electrons. The maximum Gasteiger partial charge on any atom is 0.326 e. The van der Waals surface area contributed by atoms with Crippen molar-refractivity contribution in [1.82, 2.24) is 125 Å². The highest BCUT2D eigenvalue weighted by molar-refractivity contribution is 7.80. The number of phenols is 1. The number of guanidine groups is 1. The first kappa shape index (κ1) is 118. The molecule has 0 saturated carbocycles. The van der Waals surface area contributed by atoms with E-state index in [2.05, 4.69) is 141 Å². The molecule has 22 amide bonds. The van der Waals surface area contributed by atoms with E-state index in [9.17, 15) is 131 Å². The van der Waals surface area contributed by atoms with Crippen molar-refractivity contribution < 1.29 is 131 Å². The summed E-state index contributed by atoms with van der Waals surface area (Å²) in [4.78, 5) is 312. The summed E-state index contributed by atoms with van der Waals surface area (Å²) in [6.07, 6.45) is 0.747. The van der Waals surface area contributed by atoms with Crippen molar-refractivity contribution in [3.63, 3.8) is 0 Å². The number of hydrogen-bond acceptors (Lipinski definition) is 31. The number of primary amides is 3. The number of urea groups is 2. The number of aromatic amines is 2. The number of aliphatic hydroxyl groups excluding tert-OH is 2. The number of phenolic OH excluding ortho intramolecular Hbond substituents is 1. The fourth-order valence-corrected chi connectivity index (χ4v) is 15.1. The highest BCUT2D eigenvalue weighted by Crippen LogP contribution is 2.23. The lowest BCUT2D eigenvalue weighted by Crippen LogP contribution is -2.62. The molecule has 0 unspecified atom stereocenters. The highest BCUT2D eigenvalue weighted by atomic mass is 32.1. The zero-order chi connectivity index (χ0) is 106. The van der Waals surface area contributed by atoms with Crippen LogP contribution in [0.5, 0.6) is 5.75 Å². The van der Waals surface area contributed by atoms with Crippen LogP contribution in [0.4, 0.5) is 9.59 Å². The van der Waals surface area contributed by atoms with E-state index in [4.69, 9.17) is 34.1 Å². The van der Waals surface area contributed by atoms with Gasteiger partial charge in [-0.1, -0.05) is 32.4 Å². The number of aromatic hydroxyl groups is 1. The molecule has 0 bridgehead atoms. The second-order valence-electron chi connectivity index (χ2n) is 33.3. The van der Waals surface area contributed by atoms with Gasteiger partial charge in [-0.05, 0) is 101 Å². The Morgan fingerprint density at radius 2 is 0.894 bits per heavy atom. The Morgan fingerprint density at radius 1 is 0.472 bits per heavy atom. The number of H-pyrrole nitrogens is 2. The van der Waals surface area contributed by atoms with Gasteiger partial charge in [-0.2, -0.15) is 25.3 Å². The highest BCUT2D eigenvalue weighted by Gasteiger charge is 2.44. The van der Waals surface area contributed by atoms with Crippen LogP contribution in [0.25, 0.3) is 0 Å². The Balaban J connectivity index is 1.25. The lowest BCUT2D eigenvalue weighted by molar-refractivity contribution is -0.143. The van der Waals surface area contributed by atoms with Crippen LogP contribution in [0, 0.1) is 11.3 Å².